The van der Waals surface area contributed by atoms with Crippen LogP contribution in [0.3, 0.4) is 0 Å². The number of hydrogen-bond donors (Lipinski definition) is 2. The minimum Gasteiger partial charge on any atom is -0.325 e. The second-order valence-electron chi connectivity index (χ2n) is 8.67. The third-order valence-electron chi connectivity index (χ3n) is 5.69. The van der Waals surface area contributed by atoms with E-state index in [2.05, 4.69) is 29.7 Å². The van der Waals surface area contributed by atoms with Crippen LogP contribution in [0.4, 0.5) is 11.4 Å². The smallest absolute Gasteiger partial charge is 0.248 e. The molecule has 2 amide bonds. The molecule has 0 aliphatic heterocycles. The SMILES string of the molecule is CCC(Sc1nc2ccc(NC(=O)C=Cc3ccccc3)cc2s1)C(=O)Nc1c(C)cc(C)cc1C. The summed E-state index contributed by atoms with van der Waals surface area (Å²) in [5.41, 5.74) is 6.72. The minimum atomic E-state index is -0.257. The van der Waals surface area contributed by atoms with Crippen molar-refractivity contribution in [3.63, 3.8) is 0 Å². The molecule has 1 heterocycles. The summed E-state index contributed by atoms with van der Waals surface area (Å²) in [6.07, 6.45) is 3.99. The number of fused-ring (bicyclic) bond motifs is 1. The fraction of sp³-hybridized carbons (Fsp3) is 0.207. The second-order valence-corrected chi connectivity index (χ2v) is 11.2. The number of aryl methyl sites for hydroxylation is 3. The molecule has 0 fully saturated rings. The average Bonchev–Trinajstić information content (AvgIpc) is 3.25. The molecule has 36 heavy (non-hydrogen) atoms. The molecule has 0 spiro atoms. The first-order valence-electron chi connectivity index (χ1n) is 11.8. The Kier molecular flexibility index (Phi) is 8.23. The predicted octanol–water partition coefficient (Wildman–Crippen LogP) is 7.38. The summed E-state index contributed by atoms with van der Waals surface area (Å²) in [5.74, 6) is -0.211. The topological polar surface area (TPSA) is 71.1 Å². The molecule has 2 N–H and O–H groups in total. The van der Waals surface area contributed by atoms with E-state index >= 15 is 0 Å². The quantitative estimate of drug-likeness (QED) is 0.190. The minimum absolute atomic E-state index is 0.0186. The zero-order valence-electron chi connectivity index (χ0n) is 20.8. The Morgan fingerprint density at radius 3 is 2.42 bits per heavy atom. The van der Waals surface area contributed by atoms with Crippen LogP contribution in [0, 0.1) is 20.8 Å². The molecule has 184 valence electrons. The van der Waals surface area contributed by atoms with Crippen LogP contribution in [0.5, 0.6) is 0 Å². The summed E-state index contributed by atoms with van der Waals surface area (Å²) in [6.45, 7) is 8.11. The van der Waals surface area contributed by atoms with Crippen LogP contribution in [-0.4, -0.2) is 22.0 Å². The van der Waals surface area contributed by atoms with E-state index in [4.69, 9.17) is 4.98 Å². The van der Waals surface area contributed by atoms with Gasteiger partial charge in [-0.05, 0) is 68.2 Å². The highest BCUT2D eigenvalue weighted by molar-refractivity contribution is 8.02. The number of anilines is 2. The van der Waals surface area contributed by atoms with Crippen LogP contribution in [0.15, 0.2) is 71.1 Å². The number of thiazole rings is 1. The molecule has 5 nitrogen and oxygen atoms in total. The van der Waals surface area contributed by atoms with Crippen molar-refractivity contribution >= 4 is 62.6 Å². The lowest BCUT2D eigenvalue weighted by Gasteiger charge is -2.17. The van der Waals surface area contributed by atoms with E-state index in [0.717, 1.165) is 36.9 Å². The Hall–Kier alpha value is -3.42. The van der Waals surface area contributed by atoms with Crippen LogP contribution in [0.2, 0.25) is 0 Å². The predicted molar refractivity (Wildman–Crippen MR) is 153 cm³/mol. The monoisotopic (exact) mass is 515 g/mol. The molecule has 0 saturated heterocycles. The largest absolute Gasteiger partial charge is 0.325 e. The molecule has 1 atom stereocenters. The van der Waals surface area contributed by atoms with Gasteiger partial charge in [0.1, 0.15) is 0 Å². The van der Waals surface area contributed by atoms with Gasteiger partial charge in [0, 0.05) is 17.5 Å². The Labute approximate surface area is 220 Å². The summed E-state index contributed by atoms with van der Waals surface area (Å²) >= 11 is 3.01. The van der Waals surface area contributed by atoms with Gasteiger partial charge in [0.2, 0.25) is 11.8 Å². The summed E-state index contributed by atoms with van der Waals surface area (Å²) in [5, 5.41) is 5.78. The first-order valence-corrected chi connectivity index (χ1v) is 13.5. The van der Waals surface area contributed by atoms with Crippen molar-refractivity contribution < 1.29 is 9.59 Å². The lowest BCUT2D eigenvalue weighted by Crippen LogP contribution is -2.25. The maximum Gasteiger partial charge on any atom is 0.248 e. The lowest BCUT2D eigenvalue weighted by atomic mass is 10.0. The molecular weight excluding hydrogens is 486 g/mol. The fourth-order valence-corrected chi connectivity index (χ4v) is 6.25. The van der Waals surface area contributed by atoms with Gasteiger partial charge in [-0.1, -0.05) is 66.7 Å². The van der Waals surface area contributed by atoms with E-state index in [0.29, 0.717) is 12.1 Å². The number of thioether (sulfide) groups is 1. The van der Waals surface area contributed by atoms with Gasteiger partial charge in [-0.25, -0.2) is 4.98 Å². The van der Waals surface area contributed by atoms with Gasteiger partial charge in [0.15, 0.2) is 4.34 Å². The van der Waals surface area contributed by atoms with Crippen molar-refractivity contribution in [2.24, 2.45) is 0 Å². The summed E-state index contributed by atoms with van der Waals surface area (Å²) < 4.78 is 1.79. The van der Waals surface area contributed by atoms with Gasteiger partial charge < -0.3 is 10.6 Å². The first-order chi connectivity index (χ1) is 17.3. The number of nitrogens with zero attached hydrogens (tertiary/aromatic N) is 1. The number of rotatable bonds is 8. The maximum absolute atomic E-state index is 13.1. The molecule has 0 bridgehead atoms. The van der Waals surface area contributed by atoms with Crippen LogP contribution in [0.25, 0.3) is 16.3 Å². The van der Waals surface area contributed by atoms with Crippen molar-refractivity contribution in [1.82, 2.24) is 4.98 Å². The maximum atomic E-state index is 13.1. The normalized spacial score (nSPS) is 12.1. The summed E-state index contributed by atoms with van der Waals surface area (Å²) in [4.78, 5) is 30.1. The Bertz CT molecular complexity index is 1400. The van der Waals surface area contributed by atoms with Crippen molar-refractivity contribution in [3.05, 3.63) is 89.0 Å². The highest BCUT2D eigenvalue weighted by Gasteiger charge is 2.21. The van der Waals surface area contributed by atoms with Gasteiger partial charge in [-0.15, -0.1) is 11.3 Å². The second kappa shape index (κ2) is 11.5. The van der Waals surface area contributed by atoms with Crippen molar-refractivity contribution in [1.29, 1.82) is 0 Å². The van der Waals surface area contributed by atoms with E-state index in [1.54, 1.807) is 6.08 Å². The summed E-state index contributed by atoms with van der Waals surface area (Å²) in [6, 6.07) is 19.5. The standard InChI is InChI=1S/C29H29N3O2S2/c1-5-24(28(34)32-27-19(3)15-18(2)16-20(27)4)35-29-31-23-13-12-22(17-25(23)36-29)30-26(33)14-11-21-9-7-6-8-10-21/h6-17,24H,5H2,1-4H3,(H,30,33)(H,32,34). The van der Waals surface area contributed by atoms with Crippen LogP contribution in [0.1, 0.15) is 35.6 Å². The summed E-state index contributed by atoms with van der Waals surface area (Å²) in [7, 11) is 0. The van der Waals surface area contributed by atoms with Crippen molar-refractivity contribution in [3.8, 4) is 0 Å². The fourth-order valence-electron chi connectivity index (χ4n) is 3.98. The molecule has 0 aliphatic rings. The molecule has 4 aromatic rings. The number of aromatic nitrogens is 1. The van der Waals surface area contributed by atoms with Crippen LogP contribution in [-0.2, 0) is 9.59 Å². The van der Waals surface area contributed by atoms with Crippen LogP contribution >= 0.6 is 23.1 Å². The van der Waals surface area contributed by atoms with E-state index in [1.165, 1.54) is 34.7 Å². The molecular formula is C29H29N3O2S2. The molecule has 0 radical (unpaired) electrons. The number of carbonyl (C=O) groups excluding carboxylic acids is 2. The number of hydrogen-bond acceptors (Lipinski definition) is 5. The lowest BCUT2D eigenvalue weighted by molar-refractivity contribution is -0.115. The van der Waals surface area contributed by atoms with Gasteiger partial charge in [0.25, 0.3) is 0 Å². The zero-order valence-corrected chi connectivity index (χ0v) is 22.4. The van der Waals surface area contributed by atoms with E-state index in [-0.39, 0.29) is 17.1 Å². The van der Waals surface area contributed by atoms with Gasteiger partial charge in [-0.2, -0.15) is 0 Å². The van der Waals surface area contributed by atoms with Gasteiger partial charge in [0.05, 0.1) is 15.5 Å². The van der Waals surface area contributed by atoms with E-state index in [9.17, 15) is 9.59 Å². The number of carbonyl (C=O) groups is 2. The van der Waals surface area contributed by atoms with Crippen molar-refractivity contribution in [2.45, 2.75) is 43.7 Å². The molecule has 1 aromatic heterocycles. The molecule has 7 heteroatoms. The van der Waals surface area contributed by atoms with E-state index in [1.807, 2.05) is 69.3 Å². The highest BCUT2D eigenvalue weighted by atomic mass is 32.2. The van der Waals surface area contributed by atoms with Crippen LogP contribution < -0.4 is 10.6 Å². The molecule has 4 rings (SSSR count). The Balaban J connectivity index is 1.43. The highest BCUT2D eigenvalue weighted by Crippen LogP contribution is 2.35. The number of amides is 2. The number of nitrogens with one attached hydrogen (secondary N) is 2. The Morgan fingerprint density at radius 1 is 1.00 bits per heavy atom. The third-order valence-corrected chi connectivity index (χ3v) is 8.17. The average molecular weight is 516 g/mol. The van der Waals surface area contributed by atoms with Crippen molar-refractivity contribution in [2.75, 3.05) is 10.6 Å². The molecule has 0 saturated carbocycles. The molecule has 1 unspecified atom stereocenters. The van der Waals surface area contributed by atoms with Gasteiger partial charge in [-0.3, -0.25) is 9.59 Å². The third kappa shape index (κ3) is 6.42. The molecule has 0 aliphatic carbocycles. The molecule has 3 aromatic carbocycles. The van der Waals surface area contributed by atoms with E-state index < -0.39 is 0 Å². The Morgan fingerprint density at radius 2 is 1.72 bits per heavy atom. The zero-order chi connectivity index (χ0) is 25.7. The number of benzene rings is 3. The van der Waals surface area contributed by atoms with Gasteiger partial charge >= 0.3 is 0 Å². The first kappa shape index (κ1) is 25.7.